The zero-order valence-electron chi connectivity index (χ0n) is 10.0. The summed E-state index contributed by atoms with van der Waals surface area (Å²) in [5.41, 5.74) is 2.18. The van der Waals surface area contributed by atoms with Gasteiger partial charge in [0.05, 0.1) is 5.69 Å². The third kappa shape index (κ3) is 3.38. The molecule has 2 nitrogen and oxygen atoms in total. The Morgan fingerprint density at radius 2 is 1.89 bits per heavy atom. The molecule has 0 aliphatic carbocycles. The fourth-order valence-electron chi connectivity index (χ4n) is 1.64. The van der Waals surface area contributed by atoms with E-state index in [0.717, 1.165) is 14.5 Å². The minimum atomic E-state index is -0.165. The van der Waals surface area contributed by atoms with Gasteiger partial charge in [0.15, 0.2) is 0 Å². The van der Waals surface area contributed by atoms with Gasteiger partial charge in [-0.05, 0) is 58.7 Å². The Labute approximate surface area is 133 Å². The van der Waals surface area contributed by atoms with Gasteiger partial charge in [-0.3, -0.25) is 4.79 Å². The highest BCUT2D eigenvalue weighted by atomic mass is 79.9. The van der Waals surface area contributed by atoms with Gasteiger partial charge in [-0.25, -0.2) is 0 Å². The van der Waals surface area contributed by atoms with Crippen molar-refractivity contribution in [1.82, 2.24) is 0 Å². The molecule has 2 rings (SSSR count). The molecule has 0 saturated carbocycles. The molecule has 0 aliphatic heterocycles. The number of benzene rings is 2. The fraction of sp³-hybridized carbons (Fsp3) is 0.0714. The van der Waals surface area contributed by atoms with Crippen LogP contribution in [-0.2, 0) is 0 Å². The predicted molar refractivity (Wildman–Crippen MR) is 86.0 cm³/mol. The van der Waals surface area contributed by atoms with Crippen LogP contribution in [0, 0.1) is 6.92 Å². The van der Waals surface area contributed by atoms with E-state index in [1.54, 1.807) is 24.3 Å². The maximum absolute atomic E-state index is 12.3. The van der Waals surface area contributed by atoms with Gasteiger partial charge in [-0.1, -0.05) is 33.6 Å². The van der Waals surface area contributed by atoms with E-state index in [4.69, 9.17) is 11.6 Å². The topological polar surface area (TPSA) is 29.1 Å². The third-order valence-electron chi connectivity index (χ3n) is 2.69. The SMILES string of the molecule is Cc1c(Br)cccc1C(=O)Nc1cc(Cl)ccc1Br. The summed E-state index contributed by atoms with van der Waals surface area (Å²) < 4.78 is 1.70. The molecule has 0 saturated heterocycles. The van der Waals surface area contributed by atoms with Crippen molar-refractivity contribution >= 4 is 55.1 Å². The highest BCUT2D eigenvalue weighted by molar-refractivity contribution is 9.10. The summed E-state index contributed by atoms with van der Waals surface area (Å²) in [5, 5.41) is 3.42. The third-order valence-corrected chi connectivity index (χ3v) is 4.47. The minimum Gasteiger partial charge on any atom is -0.321 e. The number of carbonyl (C=O) groups excluding carboxylic acids is 1. The van der Waals surface area contributed by atoms with Crippen LogP contribution in [0.5, 0.6) is 0 Å². The summed E-state index contributed by atoms with van der Waals surface area (Å²) >= 11 is 12.7. The molecule has 98 valence electrons. The lowest BCUT2D eigenvalue weighted by Gasteiger charge is -2.10. The summed E-state index contributed by atoms with van der Waals surface area (Å²) in [7, 11) is 0. The molecule has 0 aromatic heterocycles. The zero-order chi connectivity index (χ0) is 14.0. The quantitative estimate of drug-likeness (QED) is 0.712. The maximum Gasteiger partial charge on any atom is 0.256 e. The van der Waals surface area contributed by atoms with Crippen LogP contribution in [0.4, 0.5) is 5.69 Å². The van der Waals surface area contributed by atoms with Gasteiger partial charge in [0.2, 0.25) is 0 Å². The minimum absolute atomic E-state index is 0.165. The Hall–Kier alpha value is -0.840. The highest BCUT2D eigenvalue weighted by Gasteiger charge is 2.12. The second-order valence-corrected chi connectivity index (χ2v) is 6.14. The van der Waals surface area contributed by atoms with Crippen LogP contribution in [0.2, 0.25) is 5.02 Å². The number of anilines is 1. The lowest BCUT2D eigenvalue weighted by Crippen LogP contribution is -2.13. The molecule has 2 aromatic carbocycles. The van der Waals surface area contributed by atoms with Crippen LogP contribution < -0.4 is 5.32 Å². The second kappa shape index (κ2) is 6.07. The highest BCUT2D eigenvalue weighted by Crippen LogP contribution is 2.27. The van der Waals surface area contributed by atoms with Crippen LogP contribution in [-0.4, -0.2) is 5.91 Å². The number of hydrogen-bond donors (Lipinski definition) is 1. The summed E-state index contributed by atoms with van der Waals surface area (Å²) in [5.74, 6) is -0.165. The van der Waals surface area contributed by atoms with Gasteiger partial charge >= 0.3 is 0 Å². The molecule has 0 bridgehead atoms. The predicted octanol–water partition coefficient (Wildman–Crippen LogP) is 5.43. The number of amides is 1. The van der Waals surface area contributed by atoms with Crippen LogP contribution >= 0.6 is 43.5 Å². The van der Waals surface area contributed by atoms with Crippen molar-refractivity contribution in [3.8, 4) is 0 Å². The molecule has 0 fully saturated rings. The Morgan fingerprint density at radius 3 is 2.63 bits per heavy atom. The van der Waals surface area contributed by atoms with Crippen LogP contribution in [0.1, 0.15) is 15.9 Å². The average Bonchev–Trinajstić information content (AvgIpc) is 2.37. The van der Waals surface area contributed by atoms with Gasteiger partial charge in [-0.15, -0.1) is 0 Å². The van der Waals surface area contributed by atoms with Crippen molar-refractivity contribution in [2.24, 2.45) is 0 Å². The molecule has 0 unspecified atom stereocenters. The molecule has 2 aromatic rings. The number of hydrogen-bond acceptors (Lipinski definition) is 1. The number of carbonyl (C=O) groups is 1. The Bertz CT molecular complexity index is 643. The molecule has 0 heterocycles. The molecule has 0 atom stereocenters. The first kappa shape index (κ1) is 14.6. The largest absolute Gasteiger partial charge is 0.321 e. The Balaban J connectivity index is 2.31. The molecule has 0 aliphatic rings. The monoisotopic (exact) mass is 401 g/mol. The summed E-state index contributed by atoms with van der Waals surface area (Å²) in [6.45, 7) is 1.89. The van der Waals surface area contributed by atoms with Crippen molar-refractivity contribution in [2.75, 3.05) is 5.32 Å². The van der Waals surface area contributed by atoms with Crippen molar-refractivity contribution in [3.05, 3.63) is 61.5 Å². The molecule has 1 amide bonds. The van der Waals surface area contributed by atoms with Crippen molar-refractivity contribution in [1.29, 1.82) is 0 Å². The van der Waals surface area contributed by atoms with Crippen LogP contribution in [0.15, 0.2) is 45.3 Å². The number of halogens is 3. The first-order valence-corrected chi connectivity index (χ1v) is 7.47. The fourth-order valence-corrected chi connectivity index (χ4v) is 2.52. The molecule has 1 N–H and O–H groups in total. The Morgan fingerprint density at radius 1 is 1.16 bits per heavy atom. The molecule has 0 radical (unpaired) electrons. The Kier molecular flexibility index (Phi) is 4.66. The van der Waals surface area contributed by atoms with Gasteiger partial charge in [0, 0.05) is 19.5 Å². The lowest BCUT2D eigenvalue weighted by molar-refractivity contribution is 0.102. The number of rotatable bonds is 2. The standard InChI is InChI=1S/C14H10Br2ClNO/c1-8-10(3-2-4-11(8)15)14(19)18-13-7-9(17)5-6-12(13)16/h2-7H,1H3,(H,18,19). The average molecular weight is 404 g/mol. The van der Waals surface area contributed by atoms with E-state index in [-0.39, 0.29) is 5.91 Å². The van der Waals surface area contributed by atoms with E-state index in [0.29, 0.717) is 16.3 Å². The molecule has 0 spiro atoms. The van der Waals surface area contributed by atoms with Crippen molar-refractivity contribution < 1.29 is 4.79 Å². The lowest BCUT2D eigenvalue weighted by atomic mass is 10.1. The molecular weight excluding hydrogens is 393 g/mol. The van der Waals surface area contributed by atoms with E-state index in [9.17, 15) is 4.79 Å². The smallest absolute Gasteiger partial charge is 0.256 e. The normalized spacial score (nSPS) is 10.3. The summed E-state index contributed by atoms with van der Waals surface area (Å²) in [6.07, 6.45) is 0. The van der Waals surface area contributed by atoms with E-state index < -0.39 is 0 Å². The van der Waals surface area contributed by atoms with E-state index in [1.165, 1.54) is 0 Å². The molecule has 19 heavy (non-hydrogen) atoms. The van der Waals surface area contributed by atoms with Crippen LogP contribution in [0.3, 0.4) is 0 Å². The number of nitrogens with one attached hydrogen (secondary N) is 1. The van der Waals surface area contributed by atoms with E-state index in [1.807, 2.05) is 19.1 Å². The van der Waals surface area contributed by atoms with E-state index in [2.05, 4.69) is 37.2 Å². The van der Waals surface area contributed by atoms with Crippen molar-refractivity contribution in [3.63, 3.8) is 0 Å². The maximum atomic E-state index is 12.3. The van der Waals surface area contributed by atoms with Gasteiger partial charge in [0.1, 0.15) is 0 Å². The molecule has 5 heteroatoms. The van der Waals surface area contributed by atoms with E-state index >= 15 is 0 Å². The van der Waals surface area contributed by atoms with Crippen molar-refractivity contribution in [2.45, 2.75) is 6.92 Å². The zero-order valence-corrected chi connectivity index (χ0v) is 13.9. The molecular formula is C14H10Br2ClNO. The first-order valence-electron chi connectivity index (χ1n) is 5.50. The first-order chi connectivity index (χ1) is 8.99. The second-order valence-electron chi connectivity index (χ2n) is 3.99. The van der Waals surface area contributed by atoms with Gasteiger partial charge in [0.25, 0.3) is 5.91 Å². The van der Waals surface area contributed by atoms with Crippen LogP contribution in [0.25, 0.3) is 0 Å². The van der Waals surface area contributed by atoms with Gasteiger partial charge in [-0.2, -0.15) is 0 Å². The summed E-state index contributed by atoms with van der Waals surface area (Å²) in [4.78, 5) is 12.3. The van der Waals surface area contributed by atoms with Gasteiger partial charge < -0.3 is 5.32 Å². The summed E-state index contributed by atoms with van der Waals surface area (Å²) in [6, 6.07) is 10.8.